The lowest BCUT2D eigenvalue weighted by Gasteiger charge is -2.18. The van der Waals surface area contributed by atoms with Gasteiger partial charge in [-0.25, -0.2) is 9.97 Å². The molecule has 5 aromatic rings. The Labute approximate surface area is 215 Å². The number of fused-ring (bicyclic) bond motifs is 1. The molecule has 0 spiro atoms. The summed E-state index contributed by atoms with van der Waals surface area (Å²) in [6.07, 6.45) is 3.15. The van der Waals surface area contributed by atoms with E-state index in [-0.39, 0.29) is 22.7 Å². The number of aryl methyl sites for hydroxylation is 1. The predicted octanol–water partition coefficient (Wildman–Crippen LogP) is 5.82. The Morgan fingerprint density at radius 3 is 2.55 bits per heavy atom. The average molecular weight is 518 g/mol. The van der Waals surface area contributed by atoms with Gasteiger partial charge in [0.15, 0.2) is 0 Å². The molecule has 0 aliphatic rings. The van der Waals surface area contributed by atoms with Crippen LogP contribution in [0.5, 0.6) is 0 Å². The molecule has 10 heteroatoms. The Morgan fingerprint density at radius 1 is 1.03 bits per heavy atom. The molecule has 1 unspecified atom stereocenters. The molecule has 0 aliphatic carbocycles. The molecule has 0 saturated heterocycles. The fourth-order valence-corrected chi connectivity index (χ4v) is 4.46. The molecule has 5 rings (SSSR count). The number of hydrogen-bond acceptors (Lipinski definition) is 4. The van der Waals surface area contributed by atoms with E-state index in [1.54, 1.807) is 24.4 Å². The summed E-state index contributed by atoms with van der Waals surface area (Å²) in [5.41, 5.74) is 2.19. The normalized spacial score (nSPS) is 12.4. The molecule has 0 saturated carbocycles. The second kappa shape index (κ2) is 9.62. The third-order valence-electron chi connectivity index (χ3n) is 6.31. The number of pyridine rings is 1. The predicted molar refractivity (Wildman–Crippen MR) is 135 cm³/mol. The van der Waals surface area contributed by atoms with Crippen LogP contribution in [0.3, 0.4) is 0 Å². The molecule has 0 radical (unpaired) electrons. The SMILES string of the molecule is CC(=O)C(c1cc(C(=O)Nc2cc(-n3ccnc3)cc(C(F)(F)F)c2)ccc1C)c1cnc2ccccn12. The minimum absolute atomic E-state index is 0.0273. The van der Waals surface area contributed by atoms with Crippen molar-refractivity contribution >= 4 is 23.0 Å². The molecular weight excluding hydrogens is 495 g/mol. The first-order chi connectivity index (χ1) is 18.1. The van der Waals surface area contributed by atoms with Crippen molar-refractivity contribution in [1.82, 2.24) is 18.9 Å². The third-order valence-corrected chi connectivity index (χ3v) is 6.31. The van der Waals surface area contributed by atoms with Gasteiger partial charge in [0.2, 0.25) is 0 Å². The number of Topliss-reactive ketones (excluding diaryl/α,β-unsaturated/α-hetero) is 1. The van der Waals surface area contributed by atoms with E-state index in [0.717, 1.165) is 17.7 Å². The summed E-state index contributed by atoms with van der Waals surface area (Å²) < 4.78 is 44.0. The van der Waals surface area contributed by atoms with Gasteiger partial charge in [0, 0.05) is 35.5 Å². The van der Waals surface area contributed by atoms with Crippen LogP contribution in [0, 0.1) is 6.92 Å². The van der Waals surface area contributed by atoms with Crippen LogP contribution in [0.4, 0.5) is 18.9 Å². The molecule has 2 aromatic carbocycles. The maximum Gasteiger partial charge on any atom is 0.416 e. The summed E-state index contributed by atoms with van der Waals surface area (Å²) in [5.74, 6) is -1.44. The number of halogens is 3. The highest BCUT2D eigenvalue weighted by molar-refractivity contribution is 6.05. The number of carbonyl (C=O) groups is 2. The molecule has 7 nitrogen and oxygen atoms in total. The van der Waals surface area contributed by atoms with Gasteiger partial charge in [-0.1, -0.05) is 12.1 Å². The molecule has 3 heterocycles. The molecule has 38 heavy (non-hydrogen) atoms. The average Bonchev–Trinajstić information content (AvgIpc) is 3.55. The van der Waals surface area contributed by atoms with Gasteiger partial charge in [-0.05, 0) is 67.4 Å². The van der Waals surface area contributed by atoms with Crippen LogP contribution in [0.2, 0.25) is 0 Å². The summed E-state index contributed by atoms with van der Waals surface area (Å²) in [6, 6.07) is 13.7. The second-order valence-electron chi connectivity index (χ2n) is 8.92. The number of alkyl halides is 3. The lowest BCUT2D eigenvalue weighted by atomic mass is 9.88. The molecule has 1 N–H and O–H groups in total. The van der Waals surface area contributed by atoms with Crippen molar-refractivity contribution in [2.45, 2.75) is 25.9 Å². The van der Waals surface area contributed by atoms with Gasteiger partial charge in [-0.15, -0.1) is 0 Å². The number of nitrogens with one attached hydrogen (secondary N) is 1. The van der Waals surface area contributed by atoms with Gasteiger partial charge < -0.3 is 14.3 Å². The molecule has 0 bridgehead atoms. The van der Waals surface area contributed by atoms with Crippen molar-refractivity contribution < 1.29 is 22.8 Å². The zero-order valence-electron chi connectivity index (χ0n) is 20.4. The minimum Gasteiger partial charge on any atom is -0.322 e. The smallest absolute Gasteiger partial charge is 0.322 e. The zero-order valence-corrected chi connectivity index (χ0v) is 20.4. The Morgan fingerprint density at radius 2 is 1.84 bits per heavy atom. The summed E-state index contributed by atoms with van der Waals surface area (Å²) in [5, 5.41) is 2.58. The number of imidazole rings is 2. The molecule has 1 atom stereocenters. The van der Waals surface area contributed by atoms with E-state index in [2.05, 4.69) is 15.3 Å². The fraction of sp³-hybridized carbons (Fsp3) is 0.143. The topological polar surface area (TPSA) is 81.3 Å². The van der Waals surface area contributed by atoms with Crippen LogP contribution >= 0.6 is 0 Å². The Kier molecular flexibility index (Phi) is 6.31. The lowest BCUT2D eigenvalue weighted by molar-refractivity contribution is -0.137. The van der Waals surface area contributed by atoms with Crippen molar-refractivity contribution in [1.29, 1.82) is 0 Å². The van der Waals surface area contributed by atoms with E-state index in [9.17, 15) is 22.8 Å². The van der Waals surface area contributed by atoms with E-state index in [4.69, 9.17) is 0 Å². The monoisotopic (exact) mass is 517 g/mol. The second-order valence-corrected chi connectivity index (χ2v) is 8.92. The highest BCUT2D eigenvalue weighted by Crippen LogP contribution is 2.34. The van der Waals surface area contributed by atoms with Crippen LogP contribution < -0.4 is 5.32 Å². The Bertz CT molecular complexity index is 1660. The largest absolute Gasteiger partial charge is 0.416 e. The van der Waals surface area contributed by atoms with E-state index in [1.807, 2.05) is 35.7 Å². The van der Waals surface area contributed by atoms with Crippen LogP contribution in [0.25, 0.3) is 11.3 Å². The Balaban J connectivity index is 1.52. The molecular formula is C28H22F3N5O2. The first-order valence-electron chi connectivity index (χ1n) is 11.7. The van der Waals surface area contributed by atoms with E-state index < -0.39 is 23.6 Å². The number of carbonyl (C=O) groups excluding carboxylic acids is 2. The van der Waals surface area contributed by atoms with Crippen molar-refractivity contribution in [3.63, 3.8) is 0 Å². The van der Waals surface area contributed by atoms with Crippen LogP contribution in [0.15, 0.2) is 85.7 Å². The first-order valence-corrected chi connectivity index (χ1v) is 11.7. The summed E-state index contributed by atoms with van der Waals surface area (Å²) in [4.78, 5) is 34.3. The van der Waals surface area contributed by atoms with Crippen LogP contribution in [0.1, 0.15) is 45.6 Å². The molecule has 0 aliphatic heterocycles. The molecule has 192 valence electrons. The quantitative estimate of drug-likeness (QED) is 0.308. The van der Waals surface area contributed by atoms with Gasteiger partial charge in [-0.2, -0.15) is 13.2 Å². The minimum atomic E-state index is -4.62. The maximum absolute atomic E-state index is 13.6. The summed E-state index contributed by atoms with van der Waals surface area (Å²) in [6.45, 7) is 3.31. The number of benzene rings is 2. The number of amides is 1. The van der Waals surface area contributed by atoms with Crippen LogP contribution in [-0.2, 0) is 11.0 Å². The lowest BCUT2D eigenvalue weighted by Crippen LogP contribution is -2.17. The van der Waals surface area contributed by atoms with Crippen molar-refractivity contribution in [2.75, 3.05) is 5.32 Å². The highest BCUT2D eigenvalue weighted by atomic mass is 19.4. The van der Waals surface area contributed by atoms with Gasteiger partial charge in [0.1, 0.15) is 11.4 Å². The zero-order chi connectivity index (χ0) is 27.0. The van der Waals surface area contributed by atoms with Crippen molar-refractivity contribution in [3.8, 4) is 5.69 Å². The number of hydrogen-bond donors (Lipinski definition) is 1. The van der Waals surface area contributed by atoms with E-state index >= 15 is 0 Å². The molecule has 1 amide bonds. The number of nitrogens with zero attached hydrogens (tertiary/aromatic N) is 4. The number of anilines is 1. The summed E-state index contributed by atoms with van der Waals surface area (Å²) >= 11 is 0. The fourth-order valence-electron chi connectivity index (χ4n) is 4.46. The van der Waals surface area contributed by atoms with Gasteiger partial charge >= 0.3 is 6.18 Å². The number of rotatable bonds is 6. The van der Waals surface area contributed by atoms with Gasteiger partial charge in [-0.3, -0.25) is 9.59 Å². The van der Waals surface area contributed by atoms with Crippen LogP contribution in [-0.4, -0.2) is 30.6 Å². The van der Waals surface area contributed by atoms with Gasteiger partial charge in [0.25, 0.3) is 5.91 Å². The summed E-state index contributed by atoms with van der Waals surface area (Å²) in [7, 11) is 0. The maximum atomic E-state index is 13.6. The van der Waals surface area contributed by atoms with Crippen molar-refractivity contribution in [2.24, 2.45) is 0 Å². The number of ketones is 1. The van der Waals surface area contributed by atoms with E-state index in [0.29, 0.717) is 16.9 Å². The molecule has 0 fully saturated rings. The molecule has 3 aromatic heterocycles. The number of aromatic nitrogens is 4. The van der Waals surface area contributed by atoms with Crippen molar-refractivity contribution in [3.05, 3.63) is 114 Å². The standard InChI is InChI=1S/C28H22F3N5O2/c1-17-6-7-19(11-23(17)26(18(2)37)24-15-33-25-5-3-4-9-36(24)25)27(38)34-21-12-20(28(29,30)31)13-22(14-21)35-10-8-32-16-35/h3-16,26H,1-2H3,(H,34,38). The third kappa shape index (κ3) is 4.80. The van der Waals surface area contributed by atoms with E-state index in [1.165, 1.54) is 36.3 Å². The first kappa shape index (κ1) is 24.9. The highest BCUT2D eigenvalue weighted by Gasteiger charge is 2.32. The van der Waals surface area contributed by atoms with Gasteiger partial charge in [0.05, 0.1) is 29.7 Å². The Hall–Kier alpha value is -4.73.